The maximum atomic E-state index is 3.46. The first-order valence-electron chi connectivity index (χ1n) is 4.90. The van der Waals surface area contributed by atoms with Crippen LogP contribution in [0.5, 0.6) is 0 Å². The molecule has 0 atom stereocenters. The fourth-order valence-electron chi connectivity index (χ4n) is 2.13. The van der Waals surface area contributed by atoms with E-state index in [2.05, 4.69) is 44.3 Å². The van der Waals surface area contributed by atoms with E-state index in [1.54, 1.807) is 0 Å². The SMILES string of the molecule is Cc1ccc2c(c1)CNCC2(C)C.Cl. The van der Waals surface area contributed by atoms with Gasteiger partial charge in [-0.15, -0.1) is 12.4 Å². The Hall–Kier alpha value is -0.530. The smallest absolute Gasteiger partial charge is 0.0208 e. The Bertz CT molecular complexity index is 331. The molecule has 0 aromatic heterocycles. The van der Waals surface area contributed by atoms with Crippen molar-refractivity contribution < 1.29 is 0 Å². The fourth-order valence-corrected chi connectivity index (χ4v) is 2.13. The molecular weight excluding hydrogens is 194 g/mol. The summed E-state index contributed by atoms with van der Waals surface area (Å²) >= 11 is 0. The van der Waals surface area contributed by atoms with Crippen molar-refractivity contribution in [3.8, 4) is 0 Å². The van der Waals surface area contributed by atoms with Crippen LogP contribution in [0.25, 0.3) is 0 Å². The molecular formula is C12H18ClN. The zero-order valence-electron chi connectivity index (χ0n) is 9.05. The summed E-state index contributed by atoms with van der Waals surface area (Å²) in [5, 5.41) is 3.46. The fraction of sp³-hybridized carbons (Fsp3) is 0.500. The first-order chi connectivity index (χ1) is 6.09. The largest absolute Gasteiger partial charge is 0.312 e. The minimum atomic E-state index is 0. The van der Waals surface area contributed by atoms with E-state index >= 15 is 0 Å². The Balaban J connectivity index is 0.000000980. The molecule has 0 saturated heterocycles. The lowest BCUT2D eigenvalue weighted by atomic mass is 9.79. The van der Waals surface area contributed by atoms with Crippen LogP contribution in [0.1, 0.15) is 30.5 Å². The number of hydrogen-bond acceptors (Lipinski definition) is 1. The monoisotopic (exact) mass is 211 g/mol. The molecule has 0 saturated carbocycles. The second-order valence-corrected chi connectivity index (χ2v) is 4.65. The van der Waals surface area contributed by atoms with Gasteiger partial charge in [0.1, 0.15) is 0 Å². The molecule has 1 heterocycles. The van der Waals surface area contributed by atoms with Gasteiger partial charge >= 0.3 is 0 Å². The van der Waals surface area contributed by atoms with Crippen LogP contribution in [0.2, 0.25) is 0 Å². The number of rotatable bonds is 0. The molecule has 0 radical (unpaired) electrons. The molecule has 0 unspecified atom stereocenters. The molecule has 2 heteroatoms. The summed E-state index contributed by atoms with van der Waals surface area (Å²) in [5.74, 6) is 0. The number of halogens is 1. The summed E-state index contributed by atoms with van der Waals surface area (Å²) in [5.41, 5.74) is 4.63. The van der Waals surface area contributed by atoms with Crippen LogP contribution < -0.4 is 5.32 Å². The van der Waals surface area contributed by atoms with E-state index in [1.165, 1.54) is 16.7 Å². The summed E-state index contributed by atoms with van der Waals surface area (Å²) in [6.45, 7) is 8.87. The molecule has 2 rings (SSSR count). The number of hydrogen-bond donors (Lipinski definition) is 1. The van der Waals surface area contributed by atoms with Gasteiger partial charge in [0, 0.05) is 18.5 Å². The summed E-state index contributed by atoms with van der Waals surface area (Å²) in [6, 6.07) is 6.79. The van der Waals surface area contributed by atoms with Crippen molar-refractivity contribution in [1.82, 2.24) is 5.32 Å². The zero-order chi connectivity index (χ0) is 9.47. The molecule has 1 aliphatic heterocycles. The van der Waals surface area contributed by atoms with Gasteiger partial charge in [0.2, 0.25) is 0 Å². The van der Waals surface area contributed by atoms with Crippen LogP contribution in [-0.2, 0) is 12.0 Å². The number of nitrogens with one attached hydrogen (secondary N) is 1. The predicted molar refractivity (Wildman–Crippen MR) is 63.2 cm³/mol. The van der Waals surface area contributed by atoms with Gasteiger partial charge in [0.15, 0.2) is 0 Å². The van der Waals surface area contributed by atoms with Gasteiger partial charge in [-0.2, -0.15) is 0 Å². The lowest BCUT2D eigenvalue weighted by Crippen LogP contribution is -2.38. The summed E-state index contributed by atoms with van der Waals surface area (Å²) in [7, 11) is 0. The van der Waals surface area contributed by atoms with Crippen LogP contribution in [0.15, 0.2) is 18.2 Å². The first-order valence-corrected chi connectivity index (χ1v) is 4.90. The van der Waals surface area contributed by atoms with E-state index in [1.807, 2.05) is 0 Å². The average molecular weight is 212 g/mol. The highest BCUT2D eigenvalue weighted by Crippen LogP contribution is 2.29. The van der Waals surface area contributed by atoms with Gasteiger partial charge < -0.3 is 5.32 Å². The third-order valence-corrected chi connectivity index (χ3v) is 2.87. The highest BCUT2D eigenvalue weighted by Gasteiger charge is 2.26. The van der Waals surface area contributed by atoms with Gasteiger partial charge in [0.25, 0.3) is 0 Å². The van der Waals surface area contributed by atoms with E-state index in [0.29, 0.717) is 5.41 Å². The first kappa shape index (κ1) is 11.5. The molecule has 0 spiro atoms. The van der Waals surface area contributed by atoms with E-state index < -0.39 is 0 Å². The standard InChI is InChI=1S/C12H17N.ClH/c1-9-4-5-11-10(6-9)7-13-8-12(11,2)3;/h4-6,13H,7-8H2,1-3H3;1H. The molecule has 1 aromatic carbocycles. The topological polar surface area (TPSA) is 12.0 Å². The maximum Gasteiger partial charge on any atom is 0.0208 e. The number of fused-ring (bicyclic) bond motifs is 1. The van der Waals surface area contributed by atoms with Gasteiger partial charge in [-0.25, -0.2) is 0 Å². The van der Waals surface area contributed by atoms with Crippen LogP contribution in [-0.4, -0.2) is 6.54 Å². The van der Waals surface area contributed by atoms with Crippen molar-refractivity contribution in [3.05, 3.63) is 34.9 Å². The molecule has 0 fully saturated rings. The van der Waals surface area contributed by atoms with Gasteiger partial charge in [-0.05, 0) is 18.1 Å². The second kappa shape index (κ2) is 3.92. The minimum Gasteiger partial charge on any atom is -0.312 e. The highest BCUT2D eigenvalue weighted by molar-refractivity contribution is 5.85. The Morgan fingerprint density at radius 1 is 1.29 bits per heavy atom. The predicted octanol–water partition coefficient (Wildman–Crippen LogP) is 2.80. The summed E-state index contributed by atoms with van der Waals surface area (Å²) in [6.07, 6.45) is 0. The molecule has 1 aliphatic rings. The third kappa shape index (κ3) is 1.94. The molecule has 14 heavy (non-hydrogen) atoms. The Morgan fingerprint density at radius 3 is 2.71 bits per heavy atom. The average Bonchev–Trinajstić information content (AvgIpc) is 2.02. The zero-order valence-corrected chi connectivity index (χ0v) is 9.87. The van der Waals surface area contributed by atoms with Crippen molar-refractivity contribution in [2.75, 3.05) is 6.54 Å². The van der Waals surface area contributed by atoms with Crippen LogP contribution in [0, 0.1) is 6.92 Å². The van der Waals surface area contributed by atoms with Crippen molar-refractivity contribution in [3.63, 3.8) is 0 Å². The van der Waals surface area contributed by atoms with Gasteiger partial charge in [-0.3, -0.25) is 0 Å². The third-order valence-electron chi connectivity index (χ3n) is 2.87. The quantitative estimate of drug-likeness (QED) is 0.696. The summed E-state index contributed by atoms with van der Waals surface area (Å²) < 4.78 is 0. The van der Waals surface area contributed by atoms with Crippen molar-refractivity contribution in [2.24, 2.45) is 0 Å². The molecule has 0 bridgehead atoms. The second-order valence-electron chi connectivity index (χ2n) is 4.65. The van der Waals surface area contributed by atoms with Gasteiger partial charge in [0.05, 0.1) is 0 Å². The lowest BCUT2D eigenvalue weighted by molar-refractivity contribution is 0.435. The van der Waals surface area contributed by atoms with Crippen LogP contribution in [0.3, 0.4) is 0 Å². The molecule has 78 valence electrons. The molecule has 0 aliphatic carbocycles. The summed E-state index contributed by atoms with van der Waals surface area (Å²) in [4.78, 5) is 0. The van der Waals surface area contributed by atoms with E-state index in [4.69, 9.17) is 0 Å². The Kier molecular flexibility index (Phi) is 3.23. The Labute approximate surface area is 92.3 Å². The van der Waals surface area contributed by atoms with E-state index in [-0.39, 0.29) is 12.4 Å². The van der Waals surface area contributed by atoms with Crippen molar-refractivity contribution in [1.29, 1.82) is 0 Å². The lowest BCUT2D eigenvalue weighted by Gasteiger charge is -2.33. The van der Waals surface area contributed by atoms with Crippen molar-refractivity contribution >= 4 is 12.4 Å². The number of benzene rings is 1. The van der Waals surface area contributed by atoms with Crippen LogP contribution >= 0.6 is 12.4 Å². The molecule has 0 amide bonds. The Morgan fingerprint density at radius 2 is 2.00 bits per heavy atom. The molecule has 1 N–H and O–H groups in total. The highest BCUT2D eigenvalue weighted by atomic mass is 35.5. The molecule has 1 aromatic rings. The minimum absolute atomic E-state index is 0. The van der Waals surface area contributed by atoms with E-state index in [9.17, 15) is 0 Å². The van der Waals surface area contributed by atoms with Crippen LogP contribution in [0.4, 0.5) is 0 Å². The van der Waals surface area contributed by atoms with Gasteiger partial charge in [-0.1, -0.05) is 37.6 Å². The number of aryl methyl sites for hydroxylation is 1. The maximum absolute atomic E-state index is 3.46. The molecule has 1 nitrogen and oxygen atoms in total. The normalized spacial score (nSPS) is 18.2. The van der Waals surface area contributed by atoms with Crippen molar-refractivity contribution in [2.45, 2.75) is 32.7 Å². The van der Waals surface area contributed by atoms with E-state index in [0.717, 1.165) is 13.1 Å².